The third-order valence-electron chi connectivity index (χ3n) is 3.03. The summed E-state index contributed by atoms with van der Waals surface area (Å²) < 4.78 is 11.0. The number of benzene rings is 1. The zero-order valence-corrected chi connectivity index (χ0v) is 13.5. The molecule has 4 nitrogen and oxygen atoms in total. The van der Waals surface area contributed by atoms with Gasteiger partial charge in [-0.25, -0.2) is 0 Å². The van der Waals surface area contributed by atoms with Gasteiger partial charge in [0, 0.05) is 19.7 Å². The minimum absolute atomic E-state index is 0.297. The third-order valence-corrected chi connectivity index (χ3v) is 3.03. The highest BCUT2D eigenvalue weighted by Gasteiger charge is 2.05. The van der Waals surface area contributed by atoms with E-state index in [1.165, 1.54) is 5.56 Å². The minimum atomic E-state index is -0.513. The van der Waals surface area contributed by atoms with Crippen LogP contribution in [0.15, 0.2) is 24.3 Å². The molecule has 0 aliphatic heterocycles. The lowest BCUT2D eigenvalue weighted by Crippen LogP contribution is -2.33. The summed E-state index contributed by atoms with van der Waals surface area (Å²) >= 11 is 0. The number of nitrogens with one attached hydrogen (secondary N) is 1. The molecular weight excluding hydrogens is 266 g/mol. The van der Waals surface area contributed by atoms with E-state index in [4.69, 9.17) is 9.47 Å². The van der Waals surface area contributed by atoms with E-state index in [0.717, 1.165) is 25.3 Å². The zero-order chi connectivity index (χ0) is 15.5. The summed E-state index contributed by atoms with van der Waals surface area (Å²) in [7, 11) is 0. The van der Waals surface area contributed by atoms with Crippen LogP contribution in [0.3, 0.4) is 0 Å². The van der Waals surface area contributed by atoms with Crippen LogP contribution >= 0.6 is 0 Å². The van der Waals surface area contributed by atoms with Gasteiger partial charge in [0.05, 0.1) is 6.61 Å². The van der Waals surface area contributed by atoms with E-state index in [0.29, 0.717) is 25.7 Å². The van der Waals surface area contributed by atoms with Gasteiger partial charge >= 0.3 is 0 Å². The number of aryl methyl sites for hydroxylation is 1. The molecule has 0 amide bonds. The fraction of sp³-hybridized carbons (Fsp3) is 0.647. The lowest BCUT2D eigenvalue weighted by molar-refractivity contribution is 0.0925. The summed E-state index contributed by atoms with van der Waals surface area (Å²) in [6.07, 6.45) is 0.507. The molecule has 0 saturated carbocycles. The molecule has 120 valence electrons. The molecule has 1 unspecified atom stereocenters. The first-order chi connectivity index (χ1) is 10.1. The predicted octanol–water partition coefficient (Wildman–Crippen LogP) is 2.25. The maximum absolute atomic E-state index is 9.83. The van der Waals surface area contributed by atoms with Crippen LogP contribution in [0.5, 0.6) is 5.75 Å². The lowest BCUT2D eigenvalue weighted by atomic mass is 10.2. The van der Waals surface area contributed by atoms with Gasteiger partial charge in [-0.1, -0.05) is 32.9 Å². The smallest absolute Gasteiger partial charge is 0.119 e. The maximum atomic E-state index is 9.83. The van der Waals surface area contributed by atoms with Crippen molar-refractivity contribution in [3.8, 4) is 5.75 Å². The summed E-state index contributed by atoms with van der Waals surface area (Å²) in [4.78, 5) is 0. The minimum Gasteiger partial charge on any atom is -0.491 e. The molecule has 1 aromatic carbocycles. The topological polar surface area (TPSA) is 50.7 Å². The van der Waals surface area contributed by atoms with Crippen LogP contribution in [-0.2, 0) is 11.2 Å². The van der Waals surface area contributed by atoms with Crippen LogP contribution in [-0.4, -0.2) is 44.1 Å². The Kier molecular flexibility index (Phi) is 9.06. The molecule has 1 aromatic rings. The van der Waals surface area contributed by atoms with Crippen LogP contribution in [0.25, 0.3) is 0 Å². The Morgan fingerprint density at radius 1 is 1.14 bits per heavy atom. The summed E-state index contributed by atoms with van der Waals surface area (Å²) in [5.41, 5.74) is 1.28. The van der Waals surface area contributed by atoms with E-state index >= 15 is 0 Å². The number of hydrogen-bond acceptors (Lipinski definition) is 4. The van der Waals surface area contributed by atoms with Crippen LogP contribution in [0, 0.1) is 5.92 Å². The zero-order valence-electron chi connectivity index (χ0n) is 13.5. The predicted molar refractivity (Wildman–Crippen MR) is 85.8 cm³/mol. The van der Waals surface area contributed by atoms with Gasteiger partial charge in [-0.2, -0.15) is 0 Å². The van der Waals surface area contributed by atoms with Gasteiger partial charge in [0.25, 0.3) is 0 Å². The first-order valence-electron chi connectivity index (χ1n) is 7.80. The summed E-state index contributed by atoms with van der Waals surface area (Å²) in [6, 6.07) is 7.98. The maximum Gasteiger partial charge on any atom is 0.119 e. The first kappa shape index (κ1) is 18.0. The van der Waals surface area contributed by atoms with E-state index < -0.39 is 6.10 Å². The van der Waals surface area contributed by atoms with Gasteiger partial charge in [-0.05, 0) is 30.0 Å². The molecule has 2 N–H and O–H groups in total. The van der Waals surface area contributed by atoms with E-state index in [2.05, 4.69) is 26.1 Å². The standard InChI is InChI=1S/C17H29NO3/c1-4-15-5-7-17(8-6-15)21-13-16(19)11-18-9-10-20-12-14(2)3/h5-8,14,16,18-19H,4,9-13H2,1-3H3. The summed E-state index contributed by atoms with van der Waals surface area (Å²) in [5, 5.41) is 13.0. The first-order valence-corrected chi connectivity index (χ1v) is 7.80. The van der Waals surface area contributed by atoms with Gasteiger partial charge in [-0.3, -0.25) is 0 Å². The van der Waals surface area contributed by atoms with E-state index in [9.17, 15) is 5.11 Å². The number of rotatable bonds is 11. The van der Waals surface area contributed by atoms with Gasteiger partial charge in [0.1, 0.15) is 18.5 Å². The van der Waals surface area contributed by atoms with Gasteiger partial charge in [0.2, 0.25) is 0 Å². The van der Waals surface area contributed by atoms with Crippen LogP contribution in [0.1, 0.15) is 26.3 Å². The van der Waals surface area contributed by atoms with Crippen molar-refractivity contribution in [3.05, 3.63) is 29.8 Å². The molecule has 0 spiro atoms. The van der Waals surface area contributed by atoms with Crippen LogP contribution < -0.4 is 10.1 Å². The van der Waals surface area contributed by atoms with Crippen molar-refractivity contribution in [3.63, 3.8) is 0 Å². The third kappa shape index (κ3) is 8.71. The number of aliphatic hydroxyl groups excluding tert-OH is 1. The van der Waals surface area contributed by atoms with Crippen LogP contribution in [0.4, 0.5) is 0 Å². The summed E-state index contributed by atoms with van der Waals surface area (Å²) in [5.74, 6) is 1.36. The molecular formula is C17H29NO3. The molecule has 0 saturated heterocycles. The van der Waals surface area contributed by atoms with E-state index in [1.807, 2.05) is 24.3 Å². The quantitative estimate of drug-likeness (QED) is 0.615. The van der Waals surface area contributed by atoms with Gasteiger partial charge < -0.3 is 19.9 Å². The second kappa shape index (κ2) is 10.6. The van der Waals surface area contributed by atoms with Crippen molar-refractivity contribution < 1.29 is 14.6 Å². The van der Waals surface area contributed by atoms with Crippen LogP contribution in [0.2, 0.25) is 0 Å². The van der Waals surface area contributed by atoms with Crippen molar-refractivity contribution >= 4 is 0 Å². The highest BCUT2D eigenvalue weighted by molar-refractivity contribution is 5.27. The average Bonchev–Trinajstić information content (AvgIpc) is 2.49. The van der Waals surface area contributed by atoms with Gasteiger partial charge in [0.15, 0.2) is 0 Å². The number of hydrogen-bond donors (Lipinski definition) is 2. The Bertz CT molecular complexity index is 365. The highest BCUT2D eigenvalue weighted by atomic mass is 16.5. The molecule has 0 fully saturated rings. The molecule has 0 aromatic heterocycles. The number of aliphatic hydroxyl groups is 1. The van der Waals surface area contributed by atoms with Crippen molar-refractivity contribution in [1.82, 2.24) is 5.32 Å². The molecule has 4 heteroatoms. The Balaban J connectivity index is 2.06. The molecule has 0 bridgehead atoms. The van der Waals surface area contributed by atoms with Crippen molar-refractivity contribution in [1.29, 1.82) is 0 Å². The molecule has 21 heavy (non-hydrogen) atoms. The monoisotopic (exact) mass is 295 g/mol. The molecule has 0 radical (unpaired) electrons. The highest BCUT2D eigenvalue weighted by Crippen LogP contribution is 2.12. The second-order valence-electron chi connectivity index (χ2n) is 5.64. The fourth-order valence-corrected chi connectivity index (χ4v) is 1.80. The van der Waals surface area contributed by atoms with E-state index in [-0.39, 0.29) is 0 Å². The van der Waals surface area contributed by atoms with Gasteiger partial charge in [-0.15, -0.1) is 0 Å². The van der Waals surface area contributed by atoms with Crippen molar-refractivity contribution in [2.24, 2.45) is 5.92 Å². The van der Waals surface area contributed by atoms with Crippen molar-refractivity contribution in [2.75, 3.05) is 32.9 Å². The van der Waals surface area contributed by atoms with E-state index in [1.54, 1.807) is 0 Å². The Morgan fingerprint density at radius 3 is 2.48 bits per heavy atom. The fourth-order valence-electron chi connectivity index (χ4n) is 1.80. The molecule has 0 heterocycles. The average molecular weight is 295 g/mol. The Labute approximate surface area is 128 Å². The largest absolute Gasteiger partial charge is 0.491 e. The number of ether oxygens (including phenoxy) is 2. The molecule has 1 atom stereocenters. The lowest BCUT2D eigenvalue weighted by Gasteiger charge is -2.14. The molecule has 0 aliphatic carbocycles. The molecule has 0 aliphatic rings. The second-order valence-corrected chi connectivity index (χ2v) is 5.64. The SMILES string of the molecule is CCc1ccc(OCC(O)CNCCOCC(C)C)cc1. The Morgan fingerprint density at radius 2 is 1.86 bits per heavy atom. The Hall–Kier alpha value is -1.10. The van der Waals surface area contributed by atoms with Crippen molar-refractivity contribution in [2.45, 2.75) is 33.3 Å². The molecule has 1 rings (SSSR count). The normalized spacial score (nSPS) is 12.6. The summed E-state index contributed by atoms with van der Waals surface area (Å²) in [6.45, 7) is 9.38.